The third-order valence-electron chi connectivity index (χ3n) is 3.98. The van der Waals surface area contributed by atoms with Gasteiger partial charge in [-0.1, -0.05) is 24.3 Å². The fourth-order valence-corrected chi connectivity index (χ4v) is 2.56. The van der Waals surface area contributed by atoms with Gasteiger partial charge in [0.2, 0.25) is 0 Å². The van der Waals surface area contributed by atoms with E-state index in [1.165, 1.54) is 0 Å². The summed E-state index contributed by atoms with van der Waals surface area (Å²) in [5.74, 6) is -0.425. The number of nitrogens with one attached hydrogen (secondary N) is 3. The number of hydrogen-bond donors (Lipinski definition) is 3. The topological polar surface area (TPSA) is 86.9 Å². The highest BCUT2D eigenvalue weighted by molar-refractivity contribution is 6.11. The van der Waals surface area contributed by atoms with Crippen LogP contribution in [0.25, 0.3) is 10.9 Å². The molecule has 0 unspecified atom stereocenters. The van der Waals surface area contributed by atoms with Crippen LogP contribution in [0, 0.1) is 0 Å². The Kier molecular flexibility index (Phi) is 3.49. The molecule has 0 atom stereocenters. The van der Waals surface area contributed by atoms with E-state index in [1.807, 2.05) is 24.3 Å². The number of carbonyl (C=O) groups is 2. The Labute approximate surface area is 138 Å². The molecule has 2 aromatic carbocycles. The molecule has 3 aromatic rings. The van der Waals surface area contributed by atoms with Crippen molar-refractivity contribution < 1.29 is 9.59 Å². The fraction of sp³-hybridized carbons (Fsp3) is 0.167. The first-order valence-electron chi connectivity index (χ1n) is 7.86. The van der Waals surface area contributed by atoms with Crippen LogP contribution < -0.4 is 10.6 Å². The molecule has 0 spiro atoms. The molecule has 0 bridgehead atoms. The zero-order chi connectivity index (χ0) is 16.5. The van der Waals surface area contributed by atoms with Crippen LogP contribution >= 0.6 is 0 Å². The molecule has 3 N–H and O–H groups in total. The third kappa shape index (κ3) is 2.86. The molecule has 2 amide bonds. The Morgan fingerprint density at radius 3 is 2.71 bits per heavy atom. The van der Waals surface area contributed by atoms with Crippen molar-refractivity contribution in [3.05, 3.63) is 59.8 Å². The zero-order valence-corrected chi connectivity index (χ0v) is 12.9. The summed E-state index contributed by atoms with van der Waals surface area (Å²) in [5, 5.41) is 13.4. The molecule has 24 heavy (non-hydrogen) atoms. The van der Waals surface area contributed by atoms with E-state index < -0.39 is 0 Å². The lowest BCUT2D eigenvalue weighted by Gasteiger charge is -2.07. The Hall–Kier alpha value is -3.15. The molecular formula is C18H16N4O2. The summed E-state index contributed by atoms with van der Waals surface area (Å²) in [6.45, 7) is 0. The number of aromatic amines is 1. The van der Waals surface area contributed by atoms with Gasteiger partial charge < -0.3 is 10.6 Å². The van der Waals surface area contributed by atoms with Crippen molar-refractivity contribution in [1.82, 2.24) is 15.5 Å². The number of amides is 2. The van der Waals surface area contributed by atoms with Crippen LogP contribution in [-0.4, -0.2) is 28.1 Å². The number of fused-ring (bicyclic) bond motifs is 1. The maximum atomic E-state index is 12.5. The van der Waals surface area contributed by atoms with Gasteiger partial charge in [0.05, 0.1) is 5.52 Å². The number of H-pyrrole nitrogens is 1. The smallest absolute Gasteiger partial charge is 0.276 e. The minimum Gasteiger partial charge on any atom is -0.349 e. The number of aromatic nitrogens is 2. The van der Waals surface area contributed by atoms with Crippen LogP contribution in [0.15, 0.2) is 48.5 Å². The van der Waals surface area contributed by atoms with Crippen molar-refractivity contribution >= 4 is 28.4 Å². The Morgan fingerprint density at radius 2 is 1.88 bits per heavy atom. The van der Waals surface area contributed by atoms with Gasteiger partial charge in [0.15, 0.2) is 5.69 Å². The summed E-state index contributed by atoms with van der Waals surface area (Å²) in [6.07, 6.45) is 2.07. The summed E-state index contributed by atoms with van der Waals surface area (Å²) < 4.78 is 0. The Morgan fingerprint density at radius 1 is 1.04 bits per heavy atom. The molecule has 1 fully saturated rings. The predicted octanol–water partition coefficient (Wildman–Crippen LogP) is 2.71. The van der Waals surface area contributed by atoms with Gasteiger partial charge in [-0.05, 0) is 37.1 Å². The van der Waals surface area contributed by atoms with Crippen LogP contribution in [0.2, 0.25) is 0 Å². The van der Waals surface area contributed by atoms with Crippen LogP contribution in [0.4, 0.5) is 5.69 Å². The van der Waals surface area contributed by atoms with Gasteiger partial charge in [0.25, 0.3) is 11.8 Å². The molecule has 6 heteroatoms. The molecule has 120 valence electrons. The molecule has 1 aromatic heterocycles. The van der Waals surface area contributed by atoms with Crippen molar-refractivity contribution in [3.63, 3.8) is 0 Å². The number of anilines is 1. The first-order valence-corrected chi connectivity index (χ1v) is 7.86. The average Bonchev–Trinajstić information content (AvgIpc) is 3.30. The number of nitrogens with zero attached hydrogens (tertiary/aromatic N) is 1. The number of rotatable bonds is 4. The lowest BCUT2D eigenvalue weighted by molar-refractivity contribution is 0.0949. The van der Waals surface area contributed by atoms with Gasteiger partial charge >= 0.3 is 0 Å². The van der Waals surface area contributed by atoms with Crippen LogP contribution in [0.5, 0.6) is 0 Å². The number of para-hydroxylation sites is 1. The molecule has 1 aliphatic carbocycles. The van der Waals surface area contributed by atoms with Gasteiger partial charge in [-0.3, -0.25) is 14.7 Å². The van der Waals surface area contributed by atoms with Crippen molar-refractivity contribution in [3.8, 4) is 0 Å². The molecule has 4 rings (SSSR count). The van der Waals surface area contributed by atoms with Gasteiger partial charge in [-0.25, -0.2) is 0 Å². The summed E-state index contributed by atoms with van der Waals surface area (Å²) >= 11 is 0. The van der Waals surface area contributed by atoms with Crippen LogP contribution in [-0.2, 0) is 0 Å². The highest BCUT2D eigenvalue weighted by atomic mass is 16.2. The van der Waals surface area contributed by atoms with Crippen LogP contribution in [0.3, 0.4) is 0 Å². The largest absolute Gasteiger partial charge is 0.349 e. The average molecular weight is 320 g/mol. The molecule has 0 aliphatic heterocycles. The van der Waals surface area contributed by atoms with E-state index in [-0.39, 0.29) is 11.8 Å². The van der Waals surface area contributed by atoms with Gasteiger partial charge in [-0.2, -0.15) is 5.10 Å². The predicted molar refractivity (Wildman–Crippen MR) is 91.0 cm³/mol. The molecule has 1 heterocycles. The van der Waals surface area contributed by atoms with E-state index in [2.05, 4.69) is 20.8 Å². The number of carbonyl (C=O) groups excluding carboxylic acids is 2. The second kappa shape index (κ2) is 5.81. The monoisotopic (exact) mass is 320 g/mol. The van der Waals surface area contributed by atoms with Crippen molar-refractivity contribution in [2.75, 3.05) is 5.32 Å². The standard InChI is InChI=1S/C18H16N4O2/c23-17(19-12-8-9-12)11-4-3-5-13(10-11)20-18(24)16-14-6-1-2-7-15(14)21-22-16/h1-7,10,12H,8-9H2,(H,19,23)(H,20,24)(H,21,22). The van der Waals surface area contributed by atoms with E-state index in [0.29, 0.717) is 23.0 Å². The quantitative estimate of drug-likeness (QED) is 0.691. The first-order chi connectivity index (χ1) is 11.7. The second-order valence-corrected chi connectivity index (χ2v) is 5.90. The summed E-state index contributed by atoms with van der Waals surface area (Å²) in [5.41, 5.74) is 2.24. The molecule has 1 aliphatic rings. The maximum Gasteiger partial charge on any atom is 0.276 e. The van der Waals surface area contributed by atoms with E-state index in [0.717, 1.165) is 23.7 Å². The SMILES string of the molecule is O=C(NC1CC1)c1cccc(NC(=O)c2n[nH]c3ccccc23)c1. The highest BCUT2D eigenvalue weighted by Gasteiger charge is 2.24. The lowest BCUT2D eigenvalue weighted by atomic mass is 10.1. The van der Waals surface area contributed by atoms with E-state index in [1.54, 1.807) is 24.3 Å². The maximum absolute atomic E-state index is 12.5. The highest BCUT2D eigenvalue weighted by Crippen LogP contribution is 2.21. The zero-order valence-electron chi connectivity index (χ0n) is 12.9. The third-order valence-corrected chi connectivity index (χ3v) is 3.98. The molecular weight excluding hydrogens is 304 g/mol. The van der Waals surface area contributed by atoms with Crippen molar-refractivity contribution in [1.29, 1.82) is 0 Å². The summed E-state index contributed by atoms with van der Waals surface area (Å²) in [6, 6.07) is 14.6. The summed E-state index contributed by atoms with van der Waals surface area (Å²) in [4.78, 5) is 24.6. The lowest BCUT2D eigenvalue weighted by Crippen LogP contribution is -2.25. The molecule has 1 saturated carbocycles. The molecule has 0 radical (unpaired) electrons. The molecule has 6 nitrogen and oxygen atoms in total. The minimum atomic E-state index is -0.313. The molecule has 0 saturated heterocycles. The Bertz CT molecular complexity index is 927. The first kappa shape index (κ1) is 14.4. The number of hydrogen-bond acceptors (Lipinski definition) is 3. The van der Waals surface area contributed by atoms with Gasteiger partial charge in [-0.15, -0.1) is 0 Å². The van der Waals surface area contributed by atoms with Crippen molar-refractivity contribution in [2.45, 2.75) is 18.9 Å². The van der Waals surface area contributed by atoms with Gasteiger partial charge in [0, 0.05) is 22.7 Å². The van der Waals surface area contributed by atoms with E-state index in [9.17, 15) is 9.59 Å². The van der Waals surface area contributed by atoms with Crippen molar-refractivity contribution in [2.24, 2.45) is 0 Å². The normalized spacial score (nSPS) is 13.7. The summed E-state index contributed by atoms with van der Waals surface area (Å²) in [7, 11) is 0. The second-order valence-electron chi connectivity index (χ2n) is 5.90. The van der Waals surface area contributed by atoms with E-state index >= 15 is 0 Å². The van der Waals surface area contributed by atoms with Gasteiger partial charge in [0.1, 0.15) is 0 Å². The Balaban J connectivity index is 1.54. The van der Waals surface area contributed by atoms with Crippen LogP contribution in [0.1, 0.15) is 33.7 Å². The fourth-order valence-electron chi connectivity index (χ4n) is 2.56. The van der Waals surface area contributed by atoms with E-state index in [4.69, 9.17) is 0 Å². The number of benzene rings is 2. The minimum absolute atomic E-state index is 0.112.